The molecule has 2 aromatic rings. The lowest BCUT2D eigenvalue weighted by molar-refractivity contribution is 0.0696. The maximum absolute atomic E-state index is 12.0. The van der Waals surface area contributed by atoms with E-state index < -0.39 is 16.0 Å². The lowest BCUT2D eigenvalue weighted by atomic mass is 10.3. The number of aryl methyl sites for hydroxylation is 1. The van der Waals surface area contributed by atoms with Gasteiger partial charge in [-0.15, -0.1) is 0 Å². The Morgan fingerprint density at radius 1 is 1.38 bits per heavy atom. The van der Waals surface area contributed by atoms with Crippen LogP contribution in [0.1, 0.15) is 16.1 Å². The molecule has 0 saturated carbocycles. The highest BCUT2D eigenvalue weighted by atomic mass is 32.2. The van der Waals surface area contributed by atoms with Gasteiger partial charge in [0.1, 0.15) is 0 Å². The topological polar surface area (TPSA) is 114 Å². The summed E-state index contributed by atoms with van der Waals surface area (Å²) in [7, 11) is -1.98. The van der Waals surface area contributed by atoms with Crippen LogP contribution in [-0.4, -0.2) is 40.8 Å². The quantitative estimate of drug-likeness (QED) is 0.778. The van der Waals surface area contributed by atoms with Crippen LogP contribution in [0.5, 0.6) is 0 Å². The van der Waals surface area contributed by atoms with Crippen molar-refractivity contribution in [3.05, 3.63) is 41.9 Å². The molecule has 0 fully saturated rings. The summed E-state index contributed by atoms with van der Waals surface area (Å²) in [4.78, 5) is 14.3. The number of aromatic nitrogens is 3. The van der Waals surface area contributed by atoms with Gasteiger partial charge in [0, 0.05) is 32.4 Å². The van der Waals surface area contributed by atoms with E-state index in [4.69, 9.17) is 5.11 Å². The summed E-state index contributed by atoms with van der Waals surface area (Å²) in [5, 5.41) is 12.7. The molecule has 112 valence electrons. The second kappa shape index (κ2) is 6.02. The van der Waals surface area contributed by atoms with Gasteiger partial charge in [-0.1, -0.05) is 0 Å². The lowest BCUT2D eigenvalue weighted by Crippen LogP contribution is -2.27. The van der Waals surface area contributed by atoms with Crippen LogP contribution in [0.25, 0.3) is 0 Å². The maximum atomic E-state index is 12.0. The van der Waals surface area contributed by atoms with Gasteiger partial charge in [-0.3, -0.25) is 4.68 Å². The predicted molar refractivity (Wildman–Crippen MR) is 73.3 cm³/mol. The van der Waals surface area contributed by atoms with Gasteiger partial charge >= 0.3 is 5.97 Å². The number of rotatable bonds is 6. The number of nitrogens with one attached hydrogen (secondary N) is 1. The van der Waals surface area contributed by atoms with E-state index in [1.54, 1.807) is 24.0 Å². The van der Waals surface area contributed by atoms with E-state index in [0.29, 0.717) is 6.42 Å². The van der Waals surface area contributed by atoms with Crippen molar-refractivity contribution in [3.63, 3.8) is 0 Å². The van der Waals surface area contributed by atoms with E-state index in [2.05, 4.69) is 14.8 Å². The van der Waals surface area contributed by atoms with Crippen molar-refractivity contribution < 1.29 is 18.3 Å². The minimum Gasteiger partial charge on any atom is -0.478 e. The van der Waals surface area contributed by atoms with Crippen molar-refractivity contribution >= 4 is 16.0 Å². The lowest BCUT2D eigenvalue weighted by Gasteiger charge is -2.05. The van der Waals surface area contributed by atoms with Gasteiger partial charge in [0.25, 0.3) is 10.0 Å². The molecule has 21 heavy (non-hydrogen) atoms. The van der Waals surface area contributed by atoms with Crippen LogP contribution < -0.4 is 4.72 Å². The molecule has 0 amide bonds. The molecular formula is C12H14N4O4S. The molecule has 2 heterocycles. The molecular weight excluding hydrogens is 296 g/mol. The average Bonchev–Trinajstić information content (AvgIpc) is 2.84. The minimum atomic E-state index is -3.75. The summed E-state index contributed by atoms with van der Waals surface area (Å²) in [6, 6.07) is 4.16. The van der Waals surface area contributed by atoms with Crippen LogP contribution in [0.3, 0.4) is 0 Å². The van der Waals surface area contributed by atoms with Crippen molar-refractivity contribution in [2.75, 3.05) is 6.54 Å². The van der Waals surface area contributed by atoms with E-state index in [-0.39, 0.29) is 17.1 Å². The smallest absolute Gasteiger partial charge is 0.337 e. The molecule has 0 unspecified atom stereocenters. The third kappa shape index (κ3) is 3.86. The number of aromatic carboxylic acids is 1. The molecule has 0 aromatic carbocycles. The number of hydrogen-bond acceptors (Lipinski definition) is 5. The molecule has 2 rings (SSSR count). The van der Waals surface area contributed by atoms with E-state index in [0.717, 1.165) is 18.0 Å². The van der Waals surface area contributed by atoms with Crippen molar-refractivity contribution in [1.82, 2.24) is 19.5 Å². The van der Waals surface area contributed by atoms with Gasteiger partial charge in [0.2, 0.25) is 0 Å². The molecule has 8 nitrogen and oxygen atoms in total. The molecule has 0 spiro atoms. The van der Waals surface area contributed by atoms with Crippen LogP contribution in [0.15, 0.2) is 35.6 Å². The van der Waals surface area contributed by atoms with Gasteiger partial charge in [-0.05, 0) is 18.2 Å². The summed E-state index contributed by atoms with van der Waals surface area (Å²) in [6.45, 7) is 0.182. The molecule has 9 heteroatoms. The first-order valence-corrected chi connectivity index (χ1v) is 7.54. The van der Waals surface area contributed by atoms with Crippen LogP contribution >= 0.6 is 0 Å². The second-order valence-electron chi connectivity index (χ2n) is 4.32. The summed E-state index contributed by atoms with van der Waals surface area (Å²) in [6.07, 6.45) is 3.24. The zero-order valence-electron chi connectivity index (χ0n) is 11.2. The van der Waals surface area contributed by atoms with Crippen LogP contribution in [0.2, 0.25) is 0 Å². The number of sulfonamides is 1. The van der Waals surface area contributed by atoms with Crippen LogP contribution in [0.4, 0.5) is 0 Å². The van der Waals surface area contributed by atoms with Gasteiger partial charge in [-0.25, -0.2) is 22.9 Å². The summed E-state index contributed by atoms with van der Waals surface area (Å²) in [5.41, 5.74) is 0.705. The van der Waals surface area contributed by atoms with Crippen molar-refractivity contribution in [3.8, 4) is 0 Å². The fraction of sp³-hybridized carbons (Fsp3) is 0.250. The van der Waals surface area contributed by atoms with Crippen LogP contribution in [0, 0.1) is 0 Å². The maximum Gasteiger partial charge on any atom is 0.337 e. The van der Waals surface area contributed by atoms with E-state index in [9.17, 15) is 13.2 Å². The number of carbonyl (C=O) groups is 1. The largest absolute Gasteiger partial charge is 0.478 e. The van der Waals surface area contributed by atoms with Crippen molar-refractivity contribution in [1.29, 1.82) is 0 Å². The Labute approximate surface area is 121 Å². The molecule has 0 bridgehead atoms. The monoisotopic (exact) mass is 310 g/mol. The Kier molecular flexibility index (Phi) is 4.34. The first kappa shape index (κ1) is 15.1. The van der Waals surface area contributed by atoms with Gasteiger partial charge in [-0.2, -0.15) is 5.10 Å². The Bertz CT molecular complexity index is 737. The summed E-state index contributed by atoms with van der Waals surface area (Å²) < 4.78 is 28.0. The average molecular weight is 310 g/mol. The number of pyridine rings is 1. The van der Waals surface area contributed by atoms with Gasteiger partial charge in [0.05, 0.1) is 11.3 Å². The van der Waals surface area contributed by atoms with Gasteiger partial charge in [0.15, 0.2) is 5.03 Å². The van der Waals surface area contributed by atoms with Gasteiger partial charge < -0.3 is 5.11 Å². The van der Waals surface area contributed by atoms with E-state index >= 15 is 0 Å². The minimum absolute atomic E-state index is 0.0672. The van der Waals surface area contributed by atoms with Crippen molar-refractivity contribution in [2.45, 2.75) is 11.4 Å². The Morgan fingerprint density at radius 3 is 2.67 bits per heavy atom. The number of hydrogen-bond donors (Lipinski definition) is 2. The number of carboxylic acids is 1. The molecule has 0 radical (unpaired) electrons. The van der Waals surface area contributed by atoms with Crippen LogP contribution in [-0.2, 0) is 23.5 Å². The third-order valence-corrected chi connectivity index (χ3v) is 4.08. The first-order chi connectivity index (χ1) is 9.88. The SMILES string of the molecule is Cn1ccc(CCNS(=O)(=O)c2ccc(C(=O)O)cn2)n1. The molecule has 2 N–H and O–H groups in total. The predicted octanol–water partition coefficient (Wildman–Crippen LogP) is 0.0343. The Balaban J connectivity index is 1.99. The standard InChI is InChI=1S/C12H14N4O4S/c1-16-7-5-10(15-16)4-6-14-21(19,20)11-3-2-9(8-13-11)12(17)18/h2-3,5,7-8,14H,4,6H2,1H3,(H,17,18). The zero-order chi connectivity index (χ0) is 15.5. The highest BCUT2D eigenvalue weighted by Gasteiger charge is 2.16. The van der Waals surface area contributed by atoms with E-state index in [1.807, 2.05) is 0 Å². The number of nitrogens with zero attached hydrogens (tertiary/aromatic N) is 3. The van der Waals surface area contributed by atoms with Crippen molar-refractivity contribution in [2.24, 2.45) is 7.05 Å². The fourth-order valence-corrected chi connectivity index (χ4v) is 2.61. The molecule has 2 aromatic heterocycles. The highest BCUT2D eigenvalue weighted by Crippen LogP contribution is 2.06. The number of carboxylic acid groups (broad SMARTS) is 1. The fourth-order valence-electron chi connectivity index (χ4n) is 1.65. The Morgan fingerprint density at radius 2 is 2.14 bits per heavy atom. The normalized spacial score (nSPS) is 11.5. The summed E-state index contributed by atoms with van der Waals surface area (Å²) >= 11 is 0. The molecule has 0 aliphatic carbocycles. The first-order valence-electron chi connectivity index (χ1n) is 6.06. The highest BCUT2D eigenvalue weighted by molar-refractivity contribution is 7.89. The second-order valence-corrected chi connectivity index (χ2v) is 6.03. The zero-order valence-corrected chi connectivity index (χ0v) is 12.0. The van der Waals surface area contributed by atoms with E-state index in [1.165, 1.54) is 6.07 Å². The molecule has 0 aliphatic rings. The molecule has 0 atom stereocenters. The third-order valence-electron chi connectivity index (χ3n) is 2.70. The molecule has 0 saturated heterocycles. The Hall–Kier alpha value is -2.26. The molecule has 0 aliphatic heterocycles. The summed E-state index contributed by atoms with van der Waals surface area (Å²) in [5.74, 6) is -1.16.